The molecule has 0 N–H and O–H groups in total. The topological polar surface area (TPSA) is 77.8 Å². The first-order valence-corrected chi connectivity index (χ1v) is 4.82. The van der Waals surface area contributed by atoms with Crippen LogP contribution in [0.2, 0.25) is 0 Å². The highest BCUT2D eigenvalue weighted by atomic mass is 35.6. The van der Waals surface area contributed by atoms with Crippen molar-refractivity contribution in [2.75, 3.05) is 0 Å². The van der Waals surface area contributed by atoms with E-state index in [2.05, 4.69) is 20.3 Å². The summed E-state index contributed by atoms with van der Waals surface area (Å²) >= 11 is 16.6. The van der Waals surface area contributed by atoms with E-state index in [-0.39, 0.29) is 17.5 Å². The molecule has 0 saturated heterocycles. The summed E-state index contributed by atoms with van der Waals surface area (Å²) in [5.41, 5.74) is 0. The third kappa shape index (κ3) is 2.22. The van der Waals surface area contributed by atoms with E-state index in [1.807, 2.05) is 0 Å². The molecule has 0 unspecified atom stereocenters. The van der Waals surface area contributed by atoms with Gasteiger partial charge in [-0.1, -0.05) is 45.1 Å². The van der Waals surface area contributed by atoms with Crippen LogP contribution in [0.3, 0.4) is 0 Å². The minimum Gasteiger partial charge on any atom is -0.339 e. The van der Waals surface area contributed by atoms with E-state index in [4.69, 9.17) is 43.8 Å². The highest BCUT2D eigenvalue weighted by Gasteiger charge is 2.31. The summed E-state index contributed by atoms with van der Waals surface area (Å²) in [6.07, 6.45) is 0. The smallest absolute Gasteiger partial charge is 0.279 e. The molecule has 0 radical (unpaired) electrons. The van der Waals surface area contributed by atoms with Crippen LogP contribution < -0.4 is 0 Å². The summed E-state index contributed by atoms with van der Waals surface area (Å²) in [6, 6.07) is 0. The van der Waals surface area contributed by atoms with Crippen LogP contribution in [0.15, 0.2) is 9.05 Å². The normalized spacial score (nSPS) is 12.0. The number of halogens is 3. The molecule has 0 aliphatic heterocycles. The average molecular weight is 269 g/mol. The maximum Gasteiger partial charge on any atom is 0.279 e. The first-order valence-electron chi connectivity index (χ1n) is 3.68. The Kier molecular flexibility index (Phi) is 2.57. The zero-order chi connectivity index (χ0) is 11.1. The van der Waals surface area contributed by atoms with Gasteiger partial charge in [-0.25, -0.2) is 0 Å². The Morgan fingerprint density at radius 3 is 2.07 bits per heavy atom. The standard InChI is InChI=1S/C6H3Cl3N4O2/c1-2-10-3(12-14-2)4-11-5(15-13-4)6(7,8)9/h1H3. The molecule has 15 heavy (non-hydrogen) atoms. The minimum absolute atomic E-state index is 0.105. The lowest BCUT2D eigenvalue weighted by Gasteiger charge is -2.00. The lowest BCUT2D eigenvalue weighted by Crippen LogP contribution is -1.99. The third-order valence-corrected chi connectivity index (χ3v) is 1.88. The monoisotopic (exact) mass is 268 g/mol. The molecule has 0 aliphatic rings. The largest absolute Gasteiger partial charge is 0.339 e. The fourth-order valence-corrected chi connectivity index (χ4v) is 1.05. The maximum absolute atomic E-state index is 5.53. The highest BCUT2D eigenvalue weighted by molar-refractivity contribution is 6.66. The molecule has 0 saturated carbocycles. The van der Waals surface area contributed by atoms with Crippen molar-refractivity contribution in [2.24, 2.45) is 0 Å². The van der Waals surface area contributed by atoms with E-state index in [9.17, 15) is 0 Å². The van der Waals surface area contributed by atoms with E-state index in [0.717, 1.165) is 0 Å². The van der Waals surface area contributed by atoms with E-state index in [1.54, 1.807) is 6.92 Å². The van der Waals surface area contributed by atoms with Gasteiger partial charge < -0.3 is 9.05 Å². The predicted molar refractivity (Wildman–Crippen MR) is 51.6 cm³/mol. The Labute approximate surface area is 98.5 Å². The SMILES string of the molecule is Cc1nc(-c2noc(C(Cl)(Cl)Cl)n2)no1. The number of hydrogen-bond donors (Lipinski definition) is 0. The van der Waals surface area contributed by atoms with Crippen LogP contribution in [-0.4, -0.2) is 20.3 Å². The second-order valence-electron chi connectivity index (χ2n) is 2.56. The number of aromatic nitrogens is 4. The van der Waals surface area contributed by atoms with Gasteiger partial charge in [0.1, 0.15) is 0 Å². The molecular weight excluding hydrogens is 266 g/mol. The molecule has 0 amide bonds. The average Bonchev–Trinajstić information content (AvgIpc) is 2.69. The molecule has 0 bridgehead atoms. The summed E-state index contributed by atoms with van der Waals surface area (Å²) in [4.78, 5) is 7.69. The molecule has 0 aromatic carbocycles. The molecule has 2 rings (SSSR count). The molecule has 9 heteroatoms. The molecule has 80 valence electrons. The van der Waals surface area contributed by atoms with Gasteiger partial charge >= 0.3 is 0 Å². The first kappa shape index (κ1) is 10.7. The molecule has 2 aromatic heterocycles. The van der Waals surface area contributed by atoms with Gasteiger partial charge in [0.15, 0.2) is 0 Å². The maximum atomic E-state index is 5.53. The molecule has 0 atom stereocenters. The fourth-order valence-electron chi connectivity index (χ4n) is 0.820. The molecular formula is C6H3Cl3N4O2. The van der Waals surface area contributed by atoms with Crippen molar-refractivity contribution in [3.8, 4) is 11.6 Å². The molecule has 0 aliphatic carbocycles. The van der Waals surface area contributed by atoms with Crippen molar-refractivity contribution in [1.82, 2.24) is 20.3 Å². The van der Waals surface area contributed by atoms with Crippen LogP contribution in [0.25, 0.3) is 11.6 Å². The molecule has 2 heterocycles. The second-order valence-corrected chi connectivity index (χ2v) is 4.84. The summed E-state index contributed by atoms with van der Waals surface area (Å²) in [5, 5.41) is 7.12. The molecule has 0 spiro atoms. The van der Waals surface area contributed by atoms with Gasteiger partial charge in [0.25, 0.3) is 9.68 Å². The van der Waals surface area contributed by atoms with Crippen LogP contribution in [0, 0.1) is 6.92 Å². The Morgan fingerprint density at radius 1 is 1.00 bits per heavy atom. The fraction of sp³-hybridized carbons (Fsp3) is 0.333. The number of hydrogen-bond acceptors (Lipinski definition) is 6. The lowest BCUT2D eigenvalue weighted by molar-refractivity contribution is 0.380. The van der Waals surface area contributed by atoms with E-state index in [1.165, 1.54) is 0 Å². The number of alkyl halides is 3. The summed E-state index contributed by atoms with van der Waals surface area (Å²) in [5.74, 6) is 0.514. The second kappa shape index (κ2) is 3.62. The Bertz CT molecular complexity index is 475. The van der Waals surface area contributed by atoms with Crippen molar-refractivity contribution in [2.45, 2.75) is 10.7 Å². The molecule has 0 fully saturated rings. The molecule has 2 aromatic rings. The quantitative estimate of drug-likeness (QED) is 0.739. The van der Waals surface area contributed by atoms with Crippen LogP contribution in [0.1, 0.15) is 11.8 Å². The Morgan fingerprint density at radius 2 is 1.60 bits per heavy atom. The van der Waals surface area contributed by atoms with Gasteiger partial charge in [-0.3, -0.25) is 0 Å². The summed E-state index contributed by atoms with van der Waals surface area (Å²) < 4.78 is 7.69. The van der Waals surface area contributed by atoms with Crippen molar-refractivity contribution >= 4 is 34.8 Å². The number of rotatable bonds is 1. The van der Waals surface area contributed by atoms with Crippen LogP contribution in [-0.2, 0) is 3.79 Å². The zero-order valence-corrected chi connectivity index (χ0v) is 9.51. The van der Waals surface area contributed by atoms with E-state index >= 15 is 0 Å². The zero-order valence-electron chi connectivity index (χ0n) is 7.24. The van der Waals surface area contributed by atoms with Gasteiger partial charge in [-0.15, -0.1) is 0 Å². The number of aryl methyl sites for hydroxylation is 1. The van der Waals surface area contributed by atoms with Crippen molar-refractivity contribution < 1.29 is 9.05 Å². The summed E-state index contributed by atoms with van der Waals surface area (Å²) in [6.45, 7) is 1.63. The van der Waals surface area contributed by atoms with Crippen molar-refractivity contribution in [3.63, 3.8) is 0 Å². The lowest BCUT2D eigenvalue weighted by atomic mass is 10.6. The highest BCUT2D eigenvalue weighted by Crippen LogP contribution is 2.37. The van der Waals surface area contributed by atoms with E-state index in [0.29, 0.717) is 5.89 Å². The third-order valence-electron chi connectivity index (χ3n) is 1.40. The first-order chi connectivity index (χ1) is 6.97. The van der Waals surface area contributed by atoms with E-state index < -0.39 is 3.79 Å². The Balaban J connectivity index is 2.36. The van der Waals surface area contributed by atoms with Crippen molar-refractivity contribution in [1.29, 1.82) is 0 Å². The predicted octanol–water partition coefficient (Wildman–Crippen LogP) is 2.25. The minimum atomic E-state index is -1.76. The van der Waals surface area contributed by atoms with Gasteiger partial charge in [0.2, 0.25) is 17.5 Å². The van der Waals surface area contributed by atoms with Gasteiger partial charge in [-0.05, 0) is 0 Å². The van der Waals surface area contributed by atoms with Crippen molar-refractivity contribution in [3.05, 3.63) is 11.8 Å². The molecule has 6 nitrogen and oxygen atoms in total. The summed E-state index contributed by atoms with van der Waals surface area (Å²) in [7, 11) is 0. The van der Waals surface area contributed by atoms with Crippen LogP contribution in [0.4, 0.5) is 0 Å². The Hall–Kier alpha value is -0.850. The van der Waals surface area contributed by atoms with Gasteiger partial charge in [0, 0.05) is 6.92 Å². The van der Waals surface area contributed by atoms with Gasteiger partial charge in [-0.2, -0.15) is 9.97 Å². The van der Waals surface area contributed by atoms with Gasteiger partial charge in [0.05, 0.1) is 0 Å². The number of nitrogens with zero attached hydrogens (tertiary/aromatic N) is 4. The van der Waals surface area contributed by atoms with Crippen LogP contribution >= 0.6 is 34.8 Å². The van der Waals surface area contributed by atoms with Crippen LogP contribution in [0.5, 0.6) is 0 Å².